The van der Waals surface area contributed by atoms with E-state index in [0.29, 0.717) is 12.2 Å². The van der Waals surface area contributed by atoms with E-state index in [1.807, 2.05) is 0 Å². The highest BCUT2D eigenvalue weighted by Crippen LogP contribution is 2.15. The molecule has 0 spiro atoms. The molecule has 0 heterocycles. The van der Waals surface area contributed by atoms with Gasteiger partial charge >= 0.3 is 6.16 Å². The molecule has 0 aromatic carbocycles. The van der Waals surface area contributed by atoms with Gasteiger partial charge in [0.15, 0.2) is 0 Å². The van der Waals surface area contributed by atoms with E-state index in [1.165, 1.54) is 103 Å². The lowest BCUT2D eigenvalue weighted by Gasteiger charge is -2.05. The average Bonchev–Trinajstić information content (AvgIpc) is 2.60. The Hall–Kier alpha value is -0.990. The van der Waals surface area contributed by atoms with Gasteiger partial charge in [0.1, 0.15) is 5.76 Å². The van der Waals surface area contributed by atoms with Crippen molar-refractivity contribution in [3.63, 3.8) is 0 Å². The number of hydrogen-bond donors (Lipinski definition) is 1. The Balaban J connectivity index is 3.07. The van der Waals surface area contributed by atoms with Gasteiger partial charge in [-0.25, -0.2) is 4.79 Å². The fourth-order valence-electron chi connectivity index (χ4n) is 3.40. The molecule has 3 heteroatoms. The molecule has 1 N–H and O–H groups in total. The smallest absolute Gasteiger partial charge is 0.449 e. The van der Waals surface area contributed by atoms with Crippen LogP contribution in [0.2, 0.25) is 0 Å². The van der Waals surface area contributed by atoms with Crippen LogP contribution in [-0.2, 0) is 4.74 Å². The number of carbonyl (C=O) groups is 1. The Labute approximate surface area is 162 Å². The van der Waals surface area contributed by atoms with Crippen molar-refractivity contribution in [1.82, 2.24) is 0 Å². The second-order valence-corrected chi connectivity index (χ2v) is 7.67. The van der Waals surface area contributed by atoms with Crippen molar-refractivity contribution in [2.75, 3.05) is 0 Å². The van der Waals surface area contributed by atoms with Gasteiger partial charge in [-0.2, -0.15) is 0 Å². The molecule has 0 rings (SSSR count). The summed E-state index contributed by atoms with van der Waals surface area (Å²) < 4.78 is 4.51. The second kappa shape index (κ2) is 20.3. The molecule has 0 aliphatic heterocycles. The number of unbranched alkanes of at least 4 members (excludes halogenated alkanes) is 17. The number of carboxylic acid groups (broad SMARTS) is 1. The molecule has 0 unspecified atom stereocenters. The first-order valence-electron chi connectivity index (χ1n) is 11.3. The molecule has 0 saturated heterocycles. The zero-order valence-corrected chi connectivity index (χ0v) is 17.4. The van der Waals surface area contributed by atoms with Gasteiger partial charge in [-0.1, -0.05) is 123 Å². The van der Waals surface area contributed by atoms with E-state index in [2.05, 4.69) is 18.2 Å². The third-order valence-electron chi connectivity index (χ3n) is 5.04. The Morgan fingerprint density at radius 2 is 0.962 bits per heavy atom. The monoisotopic (exact) mass is 368 g/mol. The predicted molar refractivity (Wildman–Crippen MR) is 112 cm³/mol. The van der Waals surface area contributed by atoms with Crippen molar-refractivity contribution in [3.05, 3.63) is 12.3 Å². The Kier molecular flexibility index (Phi) is 19.5. The van der Waals surface area contributed by atoms with E-state index in [4.69, 9.17) is 5.11 Å². The molecule has 0 aliphatic carbocycles. The molecule has 0 radical (unpaired) electrons. The zero-order valence-electron chi connectivity index (χ0n) is 17.4. The Morgan fingerprint density at radius 3 is 1.27 bits per heavy atom. The second-order valence-electron chi connectivity index (χ2n) is 7.67. The van der Waals surface area contributed by atoms with E-state index in [-0.39, 0.29) is 0 Å². The van der Waals surface area contributed by atoms with Gasteiger partial charge in [0.05, 0.1) is 0 Å². The predicted octanol–water partition coefficient (Wildman–Crippen LogP) is 8.63. The molecule has 154 valence electrons. The Morgan fingerprint density at radius 1 is 0.654 bits per heavy atom. The highest BCUT2D eigenvalue weighted by molar-refractivity contribution is 5.58. The van der Waals surface area contributed by atoms with Crippen molar-refractivity contribution in [2.24, 2.45) is 0 Å². The van der Waals surface area contributed by atoms with Crippen molar-refractivity contribution >= 4 is 6.16 Å². The highest BCUT2D eigenvalue weighted by Gasteiger charge is 2.01. The summed E-state index contributed by atoms with van der Waals surface area (Å²) >= 11 is 0. The number of allylic oxidation sites excluding steroid dienone is 1. The van der Waals surface area contributed by atoms with Crippen LogP contribution in [0.25, 0.3) is 0 Å². The van der Waals surface area contributed by atoms with Crippen LogP contribution in [0.3, 0.4) is 0 Å². The van der Waals surface area contributed by atoms with E-state index in [9.17, 15) is 4.79 Å². The number of ether oxygens (including phenoxy) is 1. The third kappa shape index (κ3) is 21.1. The number of rotatable bonds is 20. The van der Waals surface area contributed by atoms with Crippen molar-refractivity contribution in [3.8, 4) is 0 Å². The molecule has 3 nitrogen and oxygen atoms in total. The lowest BCUT2D eigenvalue weighted by molar-refractivity contribution is 0.116. The largest absolute Gasteiger partial charge is 0.510 e. The van der Waals surface area contributed by atoms with Crippen LogP contribution >= 0.6 is 0 Å². The van der Waals surface area contributed by atoms with Crippen LogP contribution < -0.4 is 0 Å². The lowest BCUT2D eigenvalue weighted by Crippen LogP contribution is -1.99. The lowest BCUT2D eigenvalue weighted by atomic mass is 10.0. The van der Waals surface area contributed by atoms with Crippen molar-refractivity contribution in [2.45, 2.75) is 129 Å². The normalized spacial score (nSPS) is 10.8. The van der Waals surface area contributed by atoms with Crippen LogP contribution in [-0.4, -0.2) is 11.3 Å². The average molecular weight is 369 g/mol. The summed E-state index contributed by atoms with van der Waals surface area (Å²) in [4.78, 5) is 10.3. The highest BCUT2D eigenvalue weighted by atomic mass is 16.7. The summed E-state index contributed by atoms with van der Waals surface area (Å²) in [6.45, 7) is 5.88. The van der Waals surface area contributed by atoms with Gasteiger partial charge in [-0.15, -0.1) is 0 Å². The SMILES string of the molecule is C=C(CCCCCCCCCCCCCCCCCCCC)OC(=O)O. The summed E-state index contributed by atoms with van der Waals surface area (Å²) in [5.41, 5.74) is 0. The minimum absolute atomic E-state index is 0.369. The van der Waals surface area contributed by atoms with Gasteiger partial charge in [-0.05, 0) is 6.42 Å². The van der Waals surface area contributed by atoms with Crippen molar-refractivity contribution in [1.29, 1.82) is 0 Å². The van der Waals surface area contributed by atoms with Crippen LogP contribution in [0.1, 0.15) is 129 Å². The topological polar surface area (TPSA) is 46.5 Å². The molecule has 0 saturated carbocycles. The summed E-state index contributed by atoms with van der Waals surface area (Å²) in [5, 5.41) is 8.45. The molecule has 0 aromatic rings. The molecule has 0 bridgehead atoms. The summed E-state index contributed by atoms with van der Waals surface area (Å²) in [5.74, 6) is 0.369. The zero-order chi connectivity index (χ0) is 19.3. The first-order valence-corrected chi connectivity index (χ1v) is 11.3. The molecule has 0 amide bonds. The van der Waals surface area contributed by atoms with Gasteiger partial charge < -0.3 is 9.84 Å². The minimum Gasteiger partial charge on any atom is -0.449 e. The molecule has 0 aromatic heterocycles. The summed E-state index contributed by atoms with van der Waals surface area (Å²) in [6.07, 6.45) is 23.8. The van der Waals surface area contributed by atoms with E-state index >= 15 is 0 Å². The summed E-state index contributed by atoms with van der Waals surface area (Å²) in [7, 11) is 0. The van der Waals surface area contributed by atoms with Gasteiger partial charge in [0.25, 0.3) is 0 Å². The van der Waals surface area contributed by atoms with E-state index in [1.54, 1.807) is 0 Å². The first-order chi connectivity index (χ1) is 12.7. The molecular formula is C23H44O3. The quantitative estimate of drug-likeness (QED) is 0.133. The van der Waals surface area contributed by atoms with Crippen LogP contribution in [0.4, 0.5) is 4.79 Å². The molecule has 0 atom stereocenters. The van der Waals surface area contributed by atoms with Gasteiger partial charge in [0.2, 0.25) is 0 Å². The molecule has 0 aliphatic rings. The van der Waals surface area contributed by atoms with Crippen LogP contribution in [0.15, 0.2) is 12.3 Å². The maximum absolute atomic E-state index is 10.3. The minimum atomic E-state index is -1.25. The van der Waals surface area contributed by atoms with E-state index in [0.717, 1.165) is 12.8 Å². The van der Waals surface area contributed by atoms with Gasteiger partial charge in [-0.3, -0.25) is 0 Å². The number of hydrogen-bond acceptors (Lipinski definition) is 2. The molecule has 26 heavy (non-hydrogen) atoms. The van der Waals surface area contributed by atoms with E-state index < -0.39 is 6.16 Å². The first kappa shape index (κ1) is 25.0. The molecular weight excluding hydrogens is 324 g/mol. The standard InChI is InChI=1S/C23H44O3/c1-3-4-5-6-7-8-9-10-11-12-13-14-15-16-17-18-19-20-21-22(2)26-23(24)25/h2-21H2,1H3,(H,24,25). The fourth-order valence-corrected chi connectivity index (χ4v) is 3.40. The van der Waals surface area contributed by atoms with Crippen LogP contribution in [0.5, 0.6) is 0 Å². The van der Waals surface area contributed by atoms with Crippen molar-refractivity contribution < 1.29 is 14.6 Å². The fraction of sp³-hybridized carbons (Fsp3) is 0.870. The molecule has 0 fully saturated rings. The van der Waals surface area contributed by atoms with Gasteiger partial charge in [0, 0.05) is 6.42 Å². The third-order valence-corrected chi connectivity index (χ3v) is 5.04. The Bertz CT molecular complexity index is 325. The maximum Gasteiger partial charge on any atom is 0.510 e. The summed E-state index contributed by atoms with van der Waals surface area (Å²) in [6, 6.07) is 0. The van der Waals surface area contributed by atoms with Crippen LogP contribution in [0, 0.1) is 0 Å². The maximum atomic E-state index is 10.3.